The van der Waals surface area contributed by atoms with Crippen LogP contribution in [0.3, 0.4) is 0 Å². The van der Waals surface area contributed by atoms with Crippen molar-refractivity contribution >= 4 is 13.6 Å². The van der Waals surface area contributed by atoms with E-state index in [1.165, 1.54) is 0 Å². The summed E-state index contributed by atoms with van der Waals surface area (Å²) in [5, 5.41) is 0. The molecule has 0 fully saturated rings. The van der Waals surface area contributed by atoms with Crippen LogP contribution < -0.4 is 13.8 Å². The molecule has 0 aliphatic carbocycles. The van der Waals surface area contributed by atoms with Crippen molar-refractivity contribution in [3.63, 3.8) is 0 Å². The Labute approximate surface area is 164 Å². The summed E-state index contributed by atoms with van der Waals surface area (Å²) in [5.74, 6) is 0.0520. The molecule has 0 aliphatic rings. The molecule has 0 spiro atoms. The highest BCUT2D eigenvalue weighted by Gasteiger charge is 2.34. The molecule has 0 N–H and O–H groups in total. The molecule has 0 bridgehead atoms. The maximum atomic E-state index is 13.5. The molecule has 6 heteroatoms. The van der Waals surface area contributed by atoms with E-state index in [9.17, 15) is 9.36 Å². The number of hydrogen-bond acceptors (Lipinski definition) is 5. The minimum Gasteiger partial charge on any atom is -0.426 e. The summed E-state index contributed by atoms with van der Waals surface area (Å²) in [6.45, 7) is 1.64. The second-order valence-corrected chi connectivity index (χ2v) is 8.19. The van der Waals surface area contributed by atoms with Gasteiger partial charge in [-0.25, -0.2) is 4.57 Å². The van der Waals surface area contributed by atoms with Gasteiger partial charge in [0.15, 0.2) is 0 Å². The van der Waals surface area contributed by atoms with Crippen LogP contribution in [0.15, 0.2) is 91.0 Å². The smallest absolute Gasteiger partial charge is 0.426 e. The van der Waals surface area contributed by atoms with Gasteiger partial charge in [-0.2, -0.15) is 0 Å². The number of hydrogen-bond donors (Lipinski definition) is 0. The predicted molar refractivity (Wildman–Crippen MR) is 108 cm³/mol. The molecule has 3 aromatic rings. The molecular weight excluding hydrogens is 375 g/mol. The summed E-state index contributed by atoms with van der Waals surface area (Å²) in [6, 6.07) is 26.3. The second-order valence-electron chi connectivity index (χ2n) is 6.24. The van der Waals surface area contributed by atoms with E-state index in [0.717, 1.165) is 0 Å². The normalized spacial score (nSPS) is 12.0. The van der Waals surface area contributed by atoms with E-state index < -0.39 is 19.5 Å². The van der Waals surface area contributed by atoms with Gasteiger partial charge in [-0.3, -0.25) is 4.79 Å². The van der Waals surface area contributed by atoms with E-state index in [1.54, 1.807) is 79.7 Å². The third-order valence-electron chi connectivity index (χ3n) is 3.84. The average Bonchev–Trinajstić information content (AvgIpc) is 2.70. The van der Waals surface area contributed by atoms with Crippen molar-refractivity contribution in [1.82, 2.24) is 0 Å². The van der Waals surface area contributed by atoms with Crippen LogP contribution in [0, 0.1) is 5.92 Å². The maximum Gasteiger partial charge on any atom is 0.431 e. The Morgan fingerprint density at radius 2 is 1.14 bits per heavy atom. The lowest BCUT2D eigenvalue weighted by molar-refractivity contribution is -0.137. The fraction of sp³-hybridized carbons (Fsp3) is 0.136. The van der Waals surface area contributed by atoms with Crippen molar-refractivity contribution in [2.75, 3.05) is 6.16 Å². The highest BCUT2D eigenvalue weighted by atomic mass is 31.2. The second kappa shape index (κ2) is 9.25. The molecule has 3 aromatic carbocycles. The molecule has 1 atom stereocenters. The molecule has 0 saturated heterocycles. The lowest BCUT2D eigenvalue weighted by atomic mass is 10.2. The van der Waals surface area contributed by atoms with E-state index in [0.29, 0.717) is 17.2 Å². The van der Waals surface area contributed by atoms with Crippen LogP contribution in [0.2, 0.25) is 0 Å². The zero-order chi connectivity index (χ0) is 19.8. The maximum absolute atomic E-state index is 13.5. The van der Waals surface area contributed by atoms with E-state index in [4.69, 9.17) is 13.8 Å². The number of rotatable bonds is 8. The van der Waals surface area contributed by atoms with Gasteiger partial charge in [0.25, 0.3) is 0 Å². The molecule has 0 aliphatic heterocycles. The summed E-state index contributed by atoms with van der Waals surface area (Å²) in [7, 11) is -3.68. The fourth-order valence-electron chi connectivity index (χ4n) is 2.49. The highest BCUT2D eigenvalue weighted by molar-refractivity contribution is 7.54. The van der Waals surface area contributed by atoms with Gasteiger partial charge in [0, 0.05) is 0 Å². The Balaban J connectivity index is 1.75. The van der Waals surface area contributed by atoms with E-state index in [1.807, 2.05) is 18.2 Å². The van der Waals surface area contributed by atoms with Crippen LogP contribution in [0.4, 0.5) is 0 Å². The first kappa shape index (κ1) is 19.7. The van der Waals surface area contributed by atoms with Crippen molar-refractivity contribution in [1.29, 1.82) is 0 Å². The zero-order valence-corrected chi connectivity index (χ0v) is 16.3. The molecule has 0 amide bonds. The van der Waals surface area contributed by atoms with Gasteiger partial charge in [-0.1, -0.05) is 61.5 Å². The Morgan fingerprint density at radius 1 is 0.750 bits per heavy atom. The van der Waals surface area contributed by atoms with Crippen LogP contribution in [0.5, 0.6) is 17.2 Å². The molecule has 0 radical (unpaired) electrons. The SMILES string of the molecule is CC(CP(=O)(Oc1ccccc1)Oc1ccccc1)C(=O)Oc1ccccc1. The minimum atomic E-state index is -3.68. The topological polar surface area (TPSA) is 61.8 Å². The summed E-state index contributed by atoms with van der Waals surface area (Å²) >= 11 is 0. The molecule has 5 nitrogen and oxygen atoms in total. The van der Waals surface area contributed by atoms with Crippen LogP contribution >= 0.6 is 7.60 Å². The van der Waals surface area contributed by atoms with Crippen molar-refractivity contribution in [2.45, 2.75) is 6.92 Å². The number of carbonyl (C=O) groups is 1. The minimum absolute atomic E-state index is 0.123. The molecule has 1 unspecified atom stereocenters. The quantitative estimate of drug-likeness (QED) is 0.283. The average molecular weight is 396 g/mol. The van der Waals surface area contributed by atoms with Crippen LogP contribution in [-0.2, 0) is 9.36 Å². The van der Waals surface area contributed by atoms with Crippen LogP contribution in [-0.4, -0.2) is 12.1 Å². The number of benzene rings is 3. The van der Waals surface area contributed by atoms with Gasteiger partial charge in [-0.05, 0) is 36.4 Å². The van der Waals surface area contributed by atoms with Crippen LogP contribution in [0.1, 0.15) is 6.92 Å². The lowest BCUT2D eigenvalue weighted by Gasteiger charge is -2.22. The number of ether oxygens (including phenoxy) is 1. The third-order valence-corrected chi connectivity index (χ3v) is 5.81. The summed E-state index contributed by atoms with van der Waals surface area (Å²) in [4.78, 5) is 12.4. The molecule has 0 heterocycles. The molecule has 3 rings (SSSR count). The largest absolute Gasteiger partial charge is 0.431 e. The Morgan fingerprint density at radius 3 is 1.57 bits per heavy atom. The van der Waals surface area contributed by atoms with Crippen molar-refractivity contribution in [3.8, 4) is 17.2 Å². The van der Waals surface area contributed by atoms with Crippen LogP contribution in [0.25, 0.3) is 0 Å². The first-order valence-electron chi connectivity index (χ1n) is 8.89. The number of carbonyl (C=O) groups excluding carboxylic acids is 1. The first-order valence-corrected chi connectivity index (χ1v) is 10.6. The first-order chi connectivity index (χ1) is 13.5. The summed E-state index contributed by atoms with van der Waals surface area (Å²) in [6.07, 6.45) is -0.123. The number of para-hydroxylation sites is 3. The van der Waals surface area contributed by atoms with Gasteiger partial charge >= 0.3 is 13.6 Å². The standard InChI is InChI=1S/C22H21O5P/c1-18(22(23)25-19-11-5-2-6-12-19)17-28(24,26-20-13-7-3-8-14-20)27-21-15-9-4-10-16-21/h2-16,18H,17H2,1H3. The van der Waals surface area contributed by atoms with Gasteiger partial charge in [0.05, 0.1) is 12.1 Å². The van der Waals surface area contributed by atoms with E-state index in [-0.39, 0.29) is 6.16 Å². The van der Waals surface area contributed by atoms with E-state index >= 15 is 0 Å². The summed E-state index contributed by atoms with van der Waals surface area (Å²) < 4.78 is 30.2. The summed E-state index contributed by atoms with van der Waals surface area (Å²) in [5.41, 5.74) is 0. The zero-order valence-electron chi connectivity index (χ0n) is 15.4. The van der Waals surface area contributed by atoms with Gasteiger partial charge in [0.2, 0.25) is 0 Å². The van der Waals surface area contributed by atoms with Crippen molar-refractivity contribution in [3.05, 3.63) is 91.0 Å². The predicted octanol–water partition coefficient (Wildman–Crippen LogP) is 5.58. The Hall–Kier alpha value is -3.04. The van der Waals surface area contributed by atoms with E-state index in [2.05, 4.69) is 0 Å². The lowest BCUT2D eigenvalue weighted by Crippen LogP contribution is -2.23. The van der Waals surface area contributed by atoms with Gasteiger partial charge in [-0.15, -0.1) is 0 Å². The monoisotopic (exact) mass is 396 g/mol. The highest BCUT2D eigenvalue weighted by Crippen LogP contribution is 2.50. The molecule has 144 valence electrons. The third kappa shape index (κ3) is 5.73. The molecule has 0 aromatic heterocycles. The van der Waals surface area contributed by atoms with Gasteiger partial charge in [0.1, 0.15) is 17.2 Å². The fourth-order valence-corrected chi connectivity index (χ4v) is 4.38. The molecule has 0 saturated carbocycles. The van der Waals surface area contributed by atoms with Crippen molar-refractivity contribution < 1.29 is 23.1 Å². The number of esters is 1. The van der Waals surface area contributed by atoms with Gasteiger partial charge < -0.3 is 13.8 Å². The Bertz CT molecular complexity index is 883. The molecule has 28 heavy (non-hydrogen) atoms. The van der Waals surface area contributed by atoms with Crippen molar-refractivity contribution in [2.24, 2.45) is 5.92 Å². The Kier molecular flexibility index (Phi) is 6.51. The molecular formula is C22H21O5P.